The Morgan fingerprint density at radius 3 is 2.41 bits per heavy atom. The first-order valence-corrected chi connectivity index (χ1v) is 11.1. The predicted octanol–water partition coefficient (Wildman–Crippen LogP) is 6.19. The lowest BCUT2D eigenvalue weighted by atomic mass is 9.98. The molecule has 0 unspecified atom stereocenters. The summed E-state index contributed by atoms with van der Waals surface area (Å²) in [5, 5.41) is 8.52. The summed E-state index contributed by atoms with van der Waals surface area (Å²) in [4.78, 5) is 4.79. The Kier molecular flexibility index (Phi) is 7.04. The van der Waals surface area contributed by atoms with E-state index in [1.807, 2.05) is 49.4 Å². The number of fused-ring (bicyclic) bond motifs is 1. The van der Waals surface area contributed by atoms with Crippen LogP contribution in [-0.4, -0.2) is 27.8 Å². The van der Waals surface area contributed by atoms with Crippen LogP contribution in [0.3, 0.4) is 0 Å². The largest absolute Gasteiger partial charge is 0.490 e. The molecule has 5 aromatic rings. The van der Waals surface area contributed by atoms with Crippen LogP contribution in [0.1, 0.15) is 18.7 Å². The lowest BCUT2D eigenvalue weighted by molar-refractivity contribution is 0.287. The van der Waals surface area contributed by atoms with E-state index in [1.54, 1.807) is 6.20 Å². The number of aromatic amines is 1. The van der Waals surface area contributed by atoms with Crippen molar-refractivity contribution in [3.05, 3.63) is 102 Å². The predicted molar refractivity (Wildman–Crippen MR) is 140 cm³/mol. The quantitative estimate of drug-likeness (QED) is 0.310. The highest BCUT2D eigenvalue weighted by Gasteiger charge is 2.14. The van der Waals surface area contributed by atoms with Gasteiger partial charge in [0.25, 0.3) is 0 Å². The van der Waals surface area contributed by atoms with Crippen molar-refractivity contribution in [2.75, 3.05) is 6.61 Å². The summed E-state index contributed by atoms with van der Waals surface area (Å²) in [6.07, 6.45) is 2.54. The van der Waals surface area contributed by atoms with E-state index in [1.165, 1.54) is 5.56 Å². The van der Waals surface area contributed by atoms with Gasteiger partial charge in [-0.2, -0.15) is 5.10 Å². The summed E-state index contributed by atoms with van der Waals surface area (Å²) in [6, 6.07) is 28.7. The van der Waals surface area contributed by atoms with Gasteiger partial charge in [0.2, 0.25) is 0 Å². The van der Waals surface area contributed by atoms with E-state index < -0.39 is 0 Å². The third kappa shape index (κ3) is 5.00. The van der Waals surface area contributed by atoms with Crippen molar-refractivity contribution in [2.24, 2.45) is 5.73 Å². The minimum atomic E-state index is -0.102. The van der Waals surface area contributed by atoms with Crippen molar-refractivity contribution < 1.29 is 4.74 Å². The average molecular weight is 451 g/mol. The molecule has 3 aromatic carbocycles. The maximum atomic E-state index is 6.33. The maximum absolute atomic E-state index is 6.33. The summed E-state index contributed by atoms with van der Waals surface area (Å²) >= 11 is 0. The second-order valence-corrected chi connectivity index (χ2v) is 8.27. The van der Waals surface area contributed by atoms with Crippen LogP contribution >= 0.6 is 0 Å². The molecule has 2 heterocycles. The fraction of sp³-hybridized carbons (Fsp3) is 0.172. The molecule has 0 aliphatic carbocycles. The lowest BCUT2D eigenvalue weighted by Crippen LogP contribution is -2.30. The summed E-state index contributed by atoms with van der Waals surface area (Å²) in [6.45, 7) is 2.45. The molecule has 2 aromatic heterocycles. The second-order valence-electron chi connectivity index (χ2n) is 8.27. The molecule has 0 radical (unpaired) electrons. The smallest absolute Gasteiger partial charge is 0.138 e. The Balaban J connectivity index is 0.00000274. The summed E-state index contributed by atoms with van der Waals surface area (Å²) in [5.74, 6) is 0.706. The van der Waals surface area contributed by atoms with Gasteiger partial charge in [-0.1, -0.05) is 74.2 Å². The van der Waals surface area contributed by atoms with Gasteiger partial charge in [0.1, 0.15) is 12.4 Å². The lowest BCUT2D eigenvalue weighted by Gasteiger charge is -2.16. The fourth-order valence-corrected chi connectivity index (χ4v) is 4.06. The molecule has 0 aliphatic rings. The molecule has 0 fully saturated rings. The van der Waals surface area contributed by atoms with Crippen LogP contribution in [0.4, 0.5) is 0 Å². The van der Waals surface area contributed by atoms with Crippen LogP contribution in [0.15, 0.2) is 91.1 Å². The van der Waals surface area contributed by atoms with E-state index in [0.29, 0.717) is 12.4 Å². The fourth-order valence-electron chi connectivity index (χ4n) is 4.06. The molecule has 0 bridgehead atoms. The van der Waals surface area contributed by atoms with E-state index in [2.05, 4.69) is 52.7 Å². The standard InChI is InChI=1S/C28H26N4O.CH4/c1-19-25-15-22(12-13-27(25)32-31-19)26-16-24(17-30-28(26)21-10-6-3-7-11-21)33-18-23(29)14-20-8-4-2-5-9-20;/h2-13,15-17,23H,14,18,29H2,1H3,(H,31,32);1H4/t23-;/m0./s1. The van der Waals surface area contributed by atoms with Crippen molar-refractivity contribution in [3.63, 3.8) is 0 Å². The Morgan fingerprint density at radius 1 is 0.912 bits per heavy atom. The number of pyridine rings is 1. The molecule has 0 spiro atoms. The first kappa shape index (κ1) is 23.2. The van der Waals surface area contributed by atoms with Crippen molar-refractivity contribution in [2.45, 2.75) is 26.8 Å². The number of nitrogens with zero attached hydrogens (tertiary/aromatic N) is 2. The second kappa shape index (κ2) is 10.3. The van der Waals surface area contributed by atoms with Gasteiger partial charge in [-0.05, 0) is 42.7 Å². The number of hydrogen-bond donors (Lipinski definition) is 2. The van der Waals surface area contributed by atoms with E-state index in [-0.39, 0.29) is 13.5 Å². The molecular formula is C29H30N4O. The van der Waals surface area contributed by atoms with E-state index in [0.717, 1.165) is 45.4 Å². The van der Waals surface area contributed by atoms with Crippen LogP contribution in [0.2, 0.25) is 0 Å². The third-order valence-corrected chi connectivity index (χ3v) is 5.77. The van der Waals surface area contributed by atoms with Crippen molar-refractivity contribution in [1.82, 2.24) is 15.2 Å². The zero-order valence-corrected chi connectivity index (χ0v) is 18.5. The number of rotatable bonds is 7. The van der Waals surface area contributed by atoms with Gasteiger partial charge in [-0.3, -0.25) is 10.1 Å². The minimum absolute atomic E-state index is 0. The van der Waals surface area contributed by atoms with E-state index in [9.17, 15) is 0 Å². The van der Waals surface area contributed by atoms with Crippen LogP contribution in [-0.2, 0) is 6.42 Å². The van der Waals surface area contributed by atoms with Crippen molar-refractivity contribution in [3.8, 4) is 28.1 Å². The van der Waals surface area contributed by atoms with E-state index in [4.69, 9.17) is 15.5 Å². The number of ether oxygens (including phenoxy) is 1. The average Bonchev–Trinajstić information content (AvgIpc) is 3.24. The molecule has 1 atom stereocenters. The molecule has 5 heteroatoms. The van der Waals surface area contributed by atoms with Gasteiger partial charge in [0.05, 0.1) is 17.4 Å². The molecule has 5 rings (SSSR count). The Labute approximate surface area is 200 Å². The van der Waals surface area contributed by atoms with Gasteiger partial charge < -0.3 is 10.5 Å². The molecule has 0 amide bonds. The molecule has 3 N–H and O–H groups in total. The van der Waals surface area contributed by atoms with Gasteiger partial charge in [0, 0.05) is 28.2 Å². The monoisotopic (exact) mass is 450 g/mol. The summed E-state index contributed by atoms with van der Waals surface area (Å²) < 4.78 is 6.08. The molecule has 172 valence electrons. The summed E-state index contributed by atoms with van der Waals surface area (Å²) in [5.41, 5.74) is 13.6. The normalized spacial score (nSPS) is 11.7. The number of aryl methyl sites for hydroxylation is 1. The summed E-state index contributed by atoms with van der Waals surface area (Å²) in [7, 11) is 0. The highest BCUT2D eigenvalue weighted by atomic mass is 16.5. The SMILES string of the molecule is C.Cc1[nH]nc2ccc(-c3cc(OC[C@@H](N)Cc4ccccc4)cnc3-c3ccccc3)cc12. The molecular weight excluding hydrogens is 420 g/mol. The van der Waals surface area contributed by atoms with Crippen molar-refractivity contribution >= 4 is 10.9 Å². The first-order chi connectivity index (χ1) is 16.2. The van der Waals surface area contributed by atoms with Gasteiger partial charge >= 0.3 is 0 Å². The third-order valence-electron chi connectivity index (χ3n) is 5.77. The van der Waals surface area contributed by atoms with Gasteiger partial charge in [-0.15, -0.1) is 0 Å². The maximum Gasteiger partial charge on any atom is 0.138 e. The minimum Gasteiger partial charge on any atom is -0.490 e. The van der Waals surface area contributed by atoms with E-state index >= 15 is 0 Å². The zero-order chi connectivity index (χ0) is 22.6. The number of nitrogens with one attached hydrogen (secondary N) is 1. The zero-order valence-electron chi connectivity index (χ0n) is 18.5. The van der Waals surface area contributed by atoms with Gasteiger partial charge in [0.15, 0.2) is 0 Å². The Bertz CT molecular complexity index is 1360. The Morgan fingerprint density at radius 2 is 1.65 bits per heavy atom. The molecule has 0 saturated carbocycles. The van der Waals surface area contributed by atoms with Crippen LogP contribution in [0.25, 0.3) is 33.3 Å². The van der Waals surface area contributed by atoms with Crippen LogP contribution < -0.4 is 10.5 Å². The topological polar surface area (TPSA) is 76.8 Å². The number of H-pyrrole nitrogens is 1. The number of benzene rings is 3. The first-order valence-electron chi connectivity index (χ1n) is 11.1. The Hall–Kier alpha value is -3.96. The molecule has 34 heavy (non-hydrogen) atoms. The molecule has 5 nitrogen and oxygen atoms in total. The van der Waals surface area contributed by atoms with Crippen LogP contribution in [0.5, 0.6) is 5.75 Å². The van der Waals surface area contributed by atoms with Gasteiger partial charge in [-0.25, -0.2) is 0 Å². The van der Waals surface area contributed by atoms with Crippen LogP contribution in [0, 0.1) is 6.92 Å². The molecule has 0 saturated heterocycles. The highest BCUT2D eigenvalue weighted by Crippen LogP contribution is 2.34. The number of hydrogen-bond acceptors (Lipinski definition) is 4. The number of nitrogens with two attached hydrogens (primary N) is 1. The highest BCUT2D eigenvalue weighted by molar-refractivity contribution is 5.90. The molecule has 0 aliphatic heterocycles. The van der Waals surface area contributed by atoms with Crippen molar-refractivity contribution in [1.29, 1.82) is 0 Å². The number of aromatic nitrogens is 3.